The van der Waals surface area contributed by atoms with Crippen molar-refractivity contribution in [2.75, 3.05) is 41.5 Å². The summed E-state index contributed by atoms with van der Waals surface area (Å²) in [5.74, 6) is 6.12. The lowest BCUT2D eigenvalue weighted by Crippen LogP contribution is -2.36. The van der Waals surface area contributed by atoms with Gasteiger partial charge in [-0.1, -0.05) is 18.2 Å². The van der Waals surface area contributed by atoms with Crippen LogP contribution in [0.4, 0.5) is 17.1 Å². The number of nitrogens with two attached hydrogens (primary N) is 2. The van der Waals surface area contributed by atoms with Crippen molar-refractivity contribution >= 4 is 28.7 Å². The average molecular weight is 512 g/mol. The lowest BCUT2D eigenvalue weighted by molar-refractivity contribution is 0.102. The Hall–Kier alpha value is -4.39. The number of pyridine rings is 1. The van der Waals surface area contributed by atoms with E-state index in [1.165, 1.54) is 5.01 Å². The van der Waals surface area contributed by atoms with Crippen molar-refractivity contribution in [1.82, 2.24) is 4.98 Å². The van der Waals surface area contributed by atoms with Gasteiger partial charge in [0.05, 0.1) is 48.0 Å². The molecule has 9 nitrogen and oxygen atoms in total. The van der Waals surface area contributed by atoms with Crippen molar-refractivity contribution in [3.63, 3.8) is 0 Å². The monoisotopic (exact) mass is 511 g/mol. The number of carbonyl (C=O) groups is 1. The third kappa shape index (κ3) is 6.11. The second-order valence-electron chi connectivity index (χ2n) is 9.80. The van der Waals surface area contributed by atoms with Crippen molar-refractivity contribution in [2.24, 2.45) is 11.6 Å². The molecule has 0 spiro atoms. The Labute approximate surface area is 223 Å². The molecule has 3 aromatic rings. The molecule has 2 heterocycles. The third-order valence-corrected chi connectivity index (χ3v) is 6.58. The molecule has 0 bridgehead atoms. The summed E-state index contributed by atoms with van der Waals surface area (Å²) in [6.07, 6.45) is 5.16. The van der Waals surface area contributed by atoms with E-state index >= 15 is 0 Å². The Balaban J connectivity index is 1.52. The SMILES string of the molecule is Cc1ccc(NC(=O)c2cccc(C(C)(C)C#N)c2)cc1N(N)/C=C(\N)c1cncc(N2CCOCC2)c1. The van der Waals surface area contributed by atoms with Crippen LogP contribution in [-0.2, 0) is 10.2 Å². The van der Waals surface area contributed by atoms with Crippen LogP contribution in [0.2, 0.25) is 0 Å². The molecule has 0 unspecified atom stereocenters. The van der Waals surface area contributed by atoms with Crippen molar-refractivity contribution in [3.05, 3.63) is 89.4 Å². The predicted molar refractivity (Wildman–Crippen MR) is 150 cm³/mol. The number of hydrogen-bond donors (Lipinski definition) is 3. The number of anilines is 3. The Kier molecular flexibility index (Phi) is 7.96. The van der Waals surface area contributed by atoms with Gasteiger partial charge in [-0.2, -0.15) is 5.26 Å². The highest BCUT2D eigenvalue weighted by Crippen LogP contribution is 2.26. The highest BCUT2D eigenvalue weighted by molar-refractivity contribution is 6.04. The Morgan fingerprint density at radius 2 is 1.92 bits per heavy atom. The van der Waals surface area contributed by atoms with Gasteiger partial charge in [-0.05, 0) is 62.2 Å². The Bertz CT molecular complexity index is 1390. The van der Waals surface area contributed by atoms with Crippen LogP contribution in [-0.4, -0.2) is 37.2 Å². The largest absolute Gasteiger partial charge is 0.397 e. The molecule has 1 fully saturated rings. The molecule has 0 saturated carbocycles. The van der Waals surface area contributed by atoms with Crippen LogP contribution in [0.3, 0.4) is 0 Å². The summed E-state index contributed by atoms with van der Waals surface area (Å²) in [5, 5.41) is 13.8. The van der Waals surface area contributed by atoms with E-state index in [-0.39, 0.29) is 5.91 Å². The summed E-state index contributed by atoms with van der Waals surface area (Å²) >= 11 is 0. The Morgan fingerprint density at radius 1 is 1.16 bits per heavy atom. The molecule has 9 heteroatoms. The smallest absolute Gasteiger partial charge is 0.255 e. The lowest BCUT2D eigenvalue weighted by Gasteiger charge is -2.28. The molecule has 2 aromatic carbocycles. The average Bonchev–Trinajstić information content (AvgIpc) is 2.94. The van der Waals surface area contributed by atoms with E-state index in [4.69, 9.17) is 16.3 Å². The fourth-order valence-corrected chi connectivity index (χ4v) is 4.16. The number of amides is 1. The standard InChI is InChI=1S/C29H33N7O2/c1-20-7-8-24(34-28(37)21-5-4-6-23(13-21)29(2,3)19-30)15-27(20)36(32)18-26(31)22-14-25(17-33-16-22)35-9-11-38-12-10-35/h4-8,13-18H,9-12,31-32H2,1-3H3,(H,34,37)/b26-18-. The Morgan fingerprint density at radius 3 is 2.66 bits per heavy atom. The number of nitriles is 1. The first-order chi connectivity index (χ1) is 18.2. The first-order valence-corrected chi connectivity index (χ1v) is 12.4. The second-order valence-corrected chi connectivity index (χ2v) is 9.80. The number of ether oxygens (including phenoxy) is 1. The van der Waals surface area contributed by atoms with Crippen LogP contribution in [0, 0.1) is 18.3 Å². The van der Waals surface area contributed by atoms with Gasteiger partial charge < -0.3 is 20.7 Å². The number of nitrogens with zero attached hydrogens (tertiary/aromatic N) is 4. The van der Waals surface area contributed by atoms with Crippen LogP contribution in [0.5, 0.6) is 0 Å². The fraction of sp³-hybridized carbons (Fsp3) is 0.276. The first kappa shape index (κ1) is 26.7. The number of hydrogen-bond acceptors (Lipinski definition) is 8. The zero-order valence-corrected chi connectivity index (χ0v) is 21.9. The fourth-order valence-electron chi connectivity index (χ4n) is 4.16. The maximum absolute atomic E-state index is 13.0. The molecular weight excluding hydrogens is 478 g/mol. The molecule has 0 aliphatic carbocycles. The van der Waals surface area contributed by atoms with E-state index in [0.29, 0.717) is 35.8 Å². The van der Waals surface area contributed by atoms with Crippen LogP contribution < -0.4 is 26.8 Å². The van der Waals surface area contributed by atoms with Gasteiger partial charge in [-0.25, -0.2) is 5.84 Å². The number of nitrogens with one attached hydrogen (secondary N) is 1. The van der Waals surface area contributed by atoms with Gasteiger partial charge in [-0.3, -0.25) is 14.8 Å². The minimum Gasteiger partial charge on any atom is -0.397 e. The molecule has 1 amide bonds. The van der Waals surface area contributed by atoms with E-state index in [1.807, 2.05) is 51.2 Å². The minimum absolute atomic E-state index is 0.278. The molecule has 5 N–H and O–H groups in total. The van der Waals surface area contributed by atoms with E-state index in [9.17, 15) is 10.1 Å². The van der Waals surface area contributed by atoms with Crippen molar-refractivity contribution in [1.29, 1.82) is 5.26 Å². The van der Waals surface area contributed by atoms with Gasteiger partial charge in [0, 0.05) is 42.3 Å². The van der Waals surface area contributed by atoms with E-state index in [2.05, 4.69) is 21.3 Å². The summed E-state index contributed by atoms with van der Waals surface area (Å²) in [7, 11) is 0. The van der Waals surface area contributed by atoms with E-state index in [1.54, 1.807) is 36.7 Å². The maximum atomic E-state index is 13.0. The number of hydrazine groups is 1. The highest BCUT2D eigenvalue weighted by Gasteiger charge is 2.21. The van der Waals surface area contributed by atoms with Crippen molar-refractivity contribution in [2.45, 2.75) is 26.2 Å². The molecule has 1 saturated heterocycles. The van der Waals surface area contributed by atoms with Gasteiger partial charge in [0.25, 0.3) is 5.91 Å². The maximum Gasteiger partial charge on any atom is 0.255 e. The molecule has 1 aromatic heterocycles. The number of carbonyl (C=O) groups excluding carboxylic acids is 1. The van der Waals surface area contributed by atoms with Gasteiger partial charge >= 0.3 is 0 Å². The summed E-state index contributed by atoms with van der Waals surface area (Å²) in [5.41, 5.74) is 11.3. The summed E-state index contributed by atoms with van der Waals surface area (Å²) in [6, 6.07) is 16.8. The molecule has 4 rings (SSSR count). The molecule has 38 heavy (non-hydrogen) atoms. The molecule has 196 valence electrons. The third-order valence-electron chi connectivity index (χ3n) is 6.58. The second kappa shape index (κ2) is 11.3. The zero-order valence-electron chi connectivity index (χ0n) is 21.9. The van der Waals surface area contributed by atoms with Crippen LogP contribution in [0.15, 0.2) is 67.1 Å². The molecule has 1 aliphatic rings. The first-order valence-electron chi connectivity index (χ1n) is 12.4. The normalized spacial score (nSPS) is 14.1. The number of aryl methyl sites for hydroxylation is 1. The number of benzene rings is 2. The quantitative estimate of drug-likeness (QED) is 0.321. The van der Waals surface area contributed by atoms with Crippen molar-refractivity contribution < 1.29 is 9.53 Å². The zero-order chi connectivity index (χ0) is 27.3. The van der Waals surface area contributed by atoms with Crippen LogP contribution in [0.25, 0.3) is 5.70 Å². The number of morpholine rings is 1. The number of aromatic nitrogens is 1. The van der Waals surface area contributed by atoms with E-state index < -0.39 is 5.41 Å². The molecular formula is C29H33N7O2. The predicted octanol–water partition coefficient (Wildman–Crippen LogP) is 3.92. The lowest BCUT2D eigenvalue weighted by atomic mass is 9.85. The summed E-state index contributed by atoms with van der Waals surface area (Å²) < 4.78 is 5.43. The van der Waals surface area contributed by atoms with E-state index in [0.717, 1.165) is 35.5 Å². The summed E-state index contributed by atoms with van der Waals surface area (Å²) in [6.45, 7) is 8.54. The summed E-state index contributed by atoms with van der Waals surface area (Å²) in [4.78, 5) is 19.5. The van der Waals surface area contributed by atoms with Crippen LogP contribution in [0.1, 0.15) is 40.9 Å². The topological polar surface area (TPSA) is 134 Å². The molecule has 0 atom stereocenters. The number of rotatable bonds is 7. The molecule has 0 radical (unpaired) electrons. The highest BCUT2D eigenvalue weighted by atomic mass is 16.5. The van der Waals surface area contributed by atoms with Gasteiger partial charge in [0.2, 0.25) is 0 Å². The van der Waals surface area contributed by atoms with Gasteiger partial charge in [0.1, 0.15) is 0 Å². The van der Waals surface area contributed by atoms with Gasteiger partial charge in [0.15, 0.2) is 0 Å². The molecule has 1 aliphatic heterocycles. The van der Waals surface area contributed by atoms with Crippen LogP contribution >= 0.6 is 0 Å². The van der Waals surface area contributed by atoms with Gasteiger partial charge in [-0.15, -0.1) is 0 Å². The van der Waals surface area contributed by atoms with Crippen molar-refractivity contribution in [3.8, 4) is 6.07 Å². The minimum atomic E-state index is -0.698.